The minimum Gasteiger partial charge on any atom is -0.497 e. The monoisotopic (exact) mass is 409 g/mol. The van der Waals surface area contributed by atoms with Crippen molar-refractivity contribution < 1.29 is 9.13 Å². The molecular formula is C25H32FN3O. The maximum Gasteiger partial charge on any atom is 0.123 e. The molecule has 2 aromatic rings. The van der Waals surface area contributed by atoms with E-state index >= 15 is 0 Å². The molecule has 0 saturated carbocycles. The van der Waals surface area contributed by atoms with Crippen molar-refractivity contribution in [3.05, 3.63) is 66.0 Å². The lowest BCUT2D eigenvalue weighted by Gasteiger charge is -2.43. The van der Waals surface area contributed by atoms with E-state index in [-0.39, 0.29) is 5.82 Å². The Balaban J connectivity index is 1.24. The van der Waals surface area contributed by atoms with Gasteiger partial charge in [-0.25, -0.2) is 4.39 Å². The van der Waals surface area contributed by atoms with Gasteiger partial charge in [0.25, 0.3) is 0 Å². The van der Waals surface area contributed by atoms with Crippen LogP contribution in [0, 0.1) is 5.82 Å². The molecule has 0 radical (unpaired) electrons. The van der Waals surface area contributed by atoms with E-state index in [4.69, 9.17) is 4.74 Å². The number of rotatable bonds is 6. The number of piperazine rings is 1. The van der Waals surface area contributed by atoms with Crippen LogP contribution in [0.3, 0.4) is 0 Å². The zero-order chi connectivity index (χ0) is 20.8. The van der Waals surface area contributed by atoms with E-state index in [0.717, 1.165) is 50.7 Å². The van der Waals surface area contributed by atoms with Crippen molar-refractivity contribution in [3.8, 4) is 5.75 Å². The van der Waals surface area contributed by atoms with Gasteiger partial charge in [-0.05, 0) is 61.3 Å². The molecule has 2 saturated heterocycles. The molecule has 0 N–H and O–H groups in total. The topological polar surface area (TPSA) is 19.0 Å². The highest BCUT2D eigenvalue weighted by molar-refractivity contribution is 5.50. The third-order valence-corrected chi connectivity index (χ3v) is 6.29. The Morgan fingerprint density at radius 1 is 0.967 bits per heavy atom. The Bertz CT molecular complexity index is 813. The van der Waals surface area contributed by atoms with E-state index in [2.05, 4.69) is 39.0 Å². The molecule has 0 unspecified atom stereocenters. The molecule has 2 aromatic carbocycles. The van der Waals surface area contributed by atoms with Crippen LogP contribution in [0.5, 0.6) is 5.75 Å². The first-order valence-corrected chi connectivity index (χ1v) is 11.0. The SMILES string of the molecule is COc1ccc(/C=C/CN2CCC[C@H](N3CCN(c4ccc(F)cc4)CC3)C2)cc1. The van der Waals surface area contributed by atoms with Gasteiger partial charge < -0.3 is 9.64 Å². The molecule has 0 spiro atoms. The Morgan fingerprint density at radius 2 is 1.70 bits per heavy atom. The molecule has 0 aromatic heterocycles. The third kappa shape index (κ3) is 5.41. The number of nitrogens with zero attached hydrogens (tertiary/aromatic N) is 3. The van der Waals surface area contributed by atoms with Crippen molar-refractivity contribution >= 4 is 11.8 Å². The lowest BCUT2D eigenvalue weighted by atomic mass is 10.0. The second-order valence-corrected chi connectivity index (χ2v) is 8.23. The van der Waals surface area contributed by atoms with Crippen molar-refractivity contribution in [1.82, 2.24) is 9.80 Å². The quantitative estimate of drug-likeness (QED) is 0.714. The summed E-state index contributed by atoms with van der Waals surface area (Å²) in [6, 6.07) is 15.7. The third-order valence-electron chi connectivity index (χ3n) is 6.29. The van der Waals surface area contributed by atoms with Crippen molar-refractivity contribution in [2.75, 3.05) is 57.8 Å². The van der Waals surface area contributed by atoms with Gasteiger partial charge in [-0.2, -0.15) is 0 Å². The first kappa shape index (κ1) is 20.9. The lowest BCUT2D eigenvalue weighted by molar-refractivity contribution is 0.0991. The molecule has 2 aliphatic rings. The minimum atomic E-state index is -0.166. The van der Waals surface area contributed by atoms with Crippen molar-refractivity contribution in [2.24, 2.45) is 0 Å². The number of methoxy groups -OCH3 is 1. The molecule has 0 aliphatic carbocycles. The number of benzene rings is 2. The van der Waals surface area contributed by atoms with Crippen LogP contribution in [0.25, 0.3) is 6.08 Å². The Morgan fingerprint density at radius 3 is 2.40 bits per heavy atom. The average Bonchev–Trinajstić information content (AvgIpc) is 2.80. The summed E-state index contributed by atoms with van der Waals surface area (Å²) >= 11 is 0. The fourth-order valence-corrected chi connectivity index (χ4v) is 4.55. The van der Waals surface area contributed by atoms with E-state index in [9.17, 15) is 4.39 Å². The standard InChI is InChI=1S/C25H32FN3O/c1-30-25-12-6-21(7-13-25)4-2-14-27-15-3-5-24(20-27)29-18-16-28(17-19-29)23-10-8-22(26)9-11-23/h2,4,6-13,24H,3,5,14-20H2,1H3/b4-2+/t24-/m0/s1. The van der Waals surface area contributed by atoms with E-state index < -0.39 is 0 Å². The molecule has 4 rings (SSSR count). The predicted molar refractivity (Wildman–Crippen MR) is 122 cm³/mol. The highest BCUT2D eigenvalue weighted by Crippen LogP contribution is 2.21. The molecule has 2 fully saturated rings. The molecule has 30 heavy (non-hydrogen) atoms. The fourth-order valence-electron chi connectivity index (χ4n) is 4.55. The van der Waals surface area contributed by atoms with Crippen LogP contribution in [0.1, 0.15) is 18.4 Å². The second-order valence-electron chi connectivity index (χ2n) is 8.23. The van der Waals surface area contributed by atoms with Crippen molar-refractivity contribution in [1.29, 1.82) is 0 Å². The van der Waals surface area contributed by atoms with Gasteiger partial charge in [0.05, 0.1) is 7.11 Å². The largest absolute Gasteiger partial charge is 0.497 e. The first-order valence-electron chi connectivity index (χ1n) is 11.0. The summed E-state index contributed by atoms with van der Waals surface area (Å²) in [5.41, 5.74) is 2.34. The zero-order valence-electron chi connectivity index (χ0n) is 17.8. The molecule has 5 heteroatoms. The Hall–Kier alpha value is -2.37. The number of likely N-dealkylation sites (tertiary alicyclic amines) is 1. The van der Waals surface area contributed by atoms with Crippen LogP contribution in [0.2, 0.25) is 0 Å². The van der Waals surface area contributed by atoms with Gasteiger partial charge in [0.15, 0.2) is 0 Å². The van der Waals surface area contributed by atoms with Crippen LogP contribution < -0.4 is 9.64 Å². The lowest BCUT2D eigenvalue weighted by Crippen LogP contribution is -2.55. The summed E-state index contributed by atoms with van der Waals surface area (Å²) in [6.07, 6.45) is 7.02. The first-order chi connectivity index (χ1) is 14.7. The molecule has 160 valence electrons. The molecule has 1 atom stereocenters. The second kappa shape index (κ2) is 10.1. The van der Waals surface area contributed by atoms with Gasteiger partial charge in [0, 0.05) is 51.0 Å². The summed E-state index contributed by atoms with van der Waals surface area (Å²) in [6.45, 7) is 7.51. The van der Waals surface area contributed by atoms with Gasteiger partial charge >= 0.3 is 0 Å². The van der Waals surface area contributed by atoms with E-state index in [0.29, 0.717) is 6.04 Å². The summed E-state index contributed by atoms with van der Waals surface area (Å²) in [4.78, 5) is 7.59. The summed E-state index contributed by atoms with van der Waals surface area (Å²) < 4.78 is 18.4. The van der Waals surface area contributed by atoms with Crippen LogP contribution in [-0.4, -0.2) is 68.8 Å². The Kier molecular flexibility index (Phi) is 7.03. The van der Waals surface area contributed by atoms with Gasteiger partial charge in [-0.15, -0.1) is 0 Å². The van der Waals surface area contributed by atoms with Gasteiger partial charge in [0.2, 0.25) is 0 Å². The molecular weight excluding hydrogens is 377 g/mol. The maximum atomic E-state index is 13.2. The highest BCUT2D eigenvalue weighted by Gasteiger charge is 2.27. The number of halogens is 1. The van der Waals surface area contributed by atoms with Gasteiger partial charge in [-0.1, -0.05) is 24.3 Å². The van der Waals surface area contributed by atoms with Crippen molar-refractivity contribution in [2.45, 2.75) is 18.9 Å². The molecule has 0 bridgehead atoms. The Labute approximate surface area is 179 Å². The normalized spacial score (nSPS) is 21.3. The summed E-state index contributed by atoms with van der Waals surface area (Å²) in [5, 5.41) is 0. The summed E-state index contributed by atoms with van der Waals surface area (Å²) in [7, 11) is 1.69. The molecule has 4 nitrogen and oxygen atoms in total. The van der Waals surface area contributed by atoms with E-state index in [1.165, 1.54) is 24.9 Å². The molecule has 0 amide bonds. The number of piperidine rings is 1. The maximum absolute atomic E-state index is 13.2. The molecule has 2 aliphatic heterocycles. The smallest absolute Gasteiger partial charge is 0.123 e. The van der Waals surface area contributed by atoms with Crippen LogP contribution >= 0.6 is 0 Å². The van der Waals surface area contributed by atoms with Gasteiger partial charge in [0.1, 0.15) is 11.6 Å². The fraction of sp³-hybridized carbons (Fsp3) is 0.440. The number of ether oxygens (including phenoxy) is 1. The predicted octanol–water partition coefficient (Wildman–Crippen LogP) is 4.13. The number of hydrogen-bond acceptors (Lipinski definition) is 4. The van der Waals surface area contributed by atoms with E-state index in [1.54, 1.807) is 19.2 Å². The van der Waals surface area contributed by atoms with Crippen LogP contribution in [0.15, 0.2) is 54.6 Å². The zero-order valence-corrected chi connectivity index (χ0v) is 17.8. The van der Waals surface area contributed by atoms with Crippen LogP contribution in [-0.2, 0) is 0 Å². The van der Waals surface area contributed by atoms with Crippen LogP contribution in [0.4, 0.5) is 10.1 Å². The molecule has 2 heterocycles. The minimum absolute atomic E-state index is 0.166. The number of anilines is 1. The highest BCUT2D eigenvalue weighted by atomic mass is 19.1. The summed E-state index contributed by atoms with van der Waals surface area (Å²) in [5.74, 6) is 0.728. The van der Waals surface area contributed by atoms with Gasteiger partial charge in [-0.3, -0.25) is 9.80 Å². The average molecular weight is 410 g/mol. The van der Waals surface area contributed by atoms with E-state index in [1.807, 2.05) is 24.3 Å². The number of hydrogen-bond donors (Lipinski definition) is 0. The van der Waals surface area contributed by atoms with Crippen molar-refractivity contribution in [3.63, 3.8) is 0 Å².